The van der Waals surface area contributed by atoms with Crippen LogP contribution in [0.5, 0.6) is 5.75 Å². The van der Waals surface area contributed by atoms with Crippen molar-refractivity contribution in [1.82, 2.24) is 9.97 Å². The third kappa shape index (κ3) is 4.13. The number of nitrogens with one attached hydrogen (secondary N) is 1. The molecule has 0 atom stereocenters. The van der Waals surface area contributed by atoms with E-state index in [2.05, 4.69) is 15.3 Å². The quantitative estimate of drug-likeness (QED) is 0.570. The Morgan fingerprint density at radius 1 is 1.15 bits per heavy atom. The average Bonchev–Trinajstić information content (AvgIpc) is 2.62. The fraction of sp³-hybridized carbons (Fsp3) is 0.0588. The van der Waals surface area contributed by atoms with Gasteiger partial charge in [-0.3, -0.25) is 0 Å². The van der Waals surface area contributed by atoms with Crippen molar-refractivity contribution < 1.29 is 17.5 Å². The maximum Gasteiger partial charge on any atom is 0.240 e. The number of hydrogen-bond acceptors (Lipinski definition) is 7. The van der Waals surface area contributed by atoms with Gasteiger partial charge in [-0.25, -0.2) is 27.9 Å². The molecule has 0 radical (unpaired) electrons. The van der Waals surface area contributed by atoms with E-state index in [1.165, 1.54) is 37.6 Å². The molecule has 5 N–H and O–H groups in total. The van der Waals surface area contributed by atoms with Gasteiger partial charge in [0.05, 0.1) is 18.5 Å². The third-order valence-electron chi connectivity index (χ3n) is 3.68. The van der Waals surface area contributed by atoms with E-state index >= 15 is 0 Å². The fourth-order valence-electron chi connectivity index (χ4n) is 2.39. The molecule has 0 aliphatic carbocycles. The summed E-state index contributed by atoms with van der Waals surface area (Å²) in [4.78, 5) is 8.18. The molecule has 2 aromatic carbocycles. The Morgan fingerprint density at radius 3 is 2.59 bits per heavy atom. The van der Waals surface area contributed by atoms with Crippen LogP contribution in [-0.4, -0.2) is 25.5 Å². The van der Waals surface area contributed by atoms with Gasteiger partial charge in [0, 0.05) is 17.4 Å². The molecule has 27 heavy (non-hydrogen) atoms. The first-order valence-corrected chi connectivity index (χ1v) is 9.19. The predicted molar refractivity (Wildman–Crippen MR) is 99.5 cm³/mol. The lowest BCUT2D eigenvalue weighted by Crippen LogP contribution is -2.14. The van der Waals surface area contributed by atoms with Gasteiger partial charge in [0.15, 0.2) is 11.6 Å². The molecule has 1 heterocycles. The number of benzene rings is 2. The first-order valence-electron chi connectivity index (χ1n) is 7.64. The van der Waals surface area contributed by atoms with Gasteiger partial charge in [0.2, 0.25) is 16.0 Å². The molecule has 8 nitrogen and oxygen atoms in total. The van der Waals surface area contributed by atoms with E-state index in [1.54, 1.807) is 18.2 Å². The largest absolute Gasteiger partial charge is 0.494 e. The van der Waals surface area contributed by atoms with Crippen molar-refractivity contribution in [2.45, 2.75) is 4.90 Å². The Hall–Kier alpha value is -3.24. The number of ether oxygens (including phenoxy) is 1. The molecule has 0 saturated carbocycles. The van der Waals surface area contributed by atoms with Crippen LogP contribution in [0, 0.1) is 5.82 Å². The standard InChI is InChI=1S/C17H16FN5O3S/c1-26-15-5-2-10(8-12(15)18)14-6-7-21-17(23-14)22-11-3-4-13(19)16(9-11)27(20,24)25/h2-9H,19H2,1H3,(H2,20,24,25)(H,21,22,23). The smallest absolute Gasteiger partial charge is 0.240 e. The van der Waals surface area contributed by atoms with E-state index in [0.29, 0.717) is 16.9 Å². The lowest BCUT2D eigenvalue weighted by Gasteiger charge is -2.10. The molecule has 0 saturated heterocycles. The van der Waals surface area contributed by atoms with Gasteiger partial charge in [-0.2, -0.15) is 0 Å². The molecule has 10 heteroatoms. The second-order valence-corrected chi connectivity index (χ2v) is 7.07. The number of sulfonamides is 1. The molecule has 0 aliphatic heterocycles. The van der Waals surface area contributed by atoms with Crippen LogP contribution in [0.1, 0.15) is 0 Å². The minimum absolute atomic E-state index is 0.0337. The molecule has 0 fully saturated rings. The number of aromatic nitrogens is 2. The van der Waals surface area contributed by atoms with E-state index < -0.39 is 15.8 Å². The second-order valence-electron chi connectivity index (χ2n) is 5.54. The Kier molecular flexibility index (Phi) is 4.93. The Bertz CT molecular complexity index is 1110. The van der Waals surface area contributed by atoms with Gasteiger partial charge in [-0.15, -0.1) is 0 Å². The number of nitrogens with zero attached hydrogens (tertiary/aromatic N) is 2. The Balaban J connectivity index is 1.92. The molecule has 3 aromatic rings. The van der Waals surface area contributed by atoms with Gasteiger partial charge in [0.1, 0.15) is 4.90 Å². The molecular formula is C17H16FN5O3S. The summed E-state index contributed by atoms with van der Waals surface area (Å²) in [6, 6.07) is 10.3. The number of anilines is 3. The lowest BCUT2D eigenvalue weighted by atomic mass is 10.1. The van der Waals surface area contributed by atoms with Crippen molar-refractivity contribution in [3.8, 4) is 17.0 Å². The summed E-state index contributed by atoms with van der Waals surface area (Å²) in [5.74, 6) is -0.197. The fourth-order valence-corrected chi connectivity index (χ4v) is 3.08. The molecule has 0 amide bonds. The zero-order valence-electron chi connectivity index (χ0n) is 14.2. The zero-order chi connectivity index (χ0) is 19.6. The van der Waals surface area contributed by atoms with Crippen molar-refractivity contribution in [3.63, 3.8) is 0 Å². The van der Waals surface area contributed by atoms with E-state index in [9.17, 15) is 12.8 Å². The van der Waals surface area contributed by atoms with E-state index in [4.69, 9.17) is 15.6 Å². The summed E-state index contributed by atoms with van der Waals surface area (Å²) in [7, 11) is -2.59. The minimum Gasteiger partial charge on any atom is -0.494 e. The molecular weight excluding hydrogens is 373 g/mol. The van der Waals surface area contributed by atoms with Crippen LogP contribution in [0.2, 0.25) is 0 Å². The lowest BCUT2D eigenvalue weighted by molar-refractivity contribution is 0.386. The second kappa shape index (κ2) is 7.17. The van der Waals surface area contributed by atoms with Crippen LogP contribution in [0.4, 0.5) is 21.7 Å². The highest BCUT2D eigenvalue weighted by molar-refractivity contribution is 7.89. The summed E-state index contributed by atoms with van der Waals surface area (Å²) in [6.07, 6.45) is 1.49. The predicted octanol–water partition coefficient (Wildman–Crippen LogP) is 2.26. The monoisotopic (exact) mass is 389 g/mol. The molecule has 0 spiro atoms. The highest BCUT2D eigenvalue weighted by Crippen LogP contribution is 2.26. The van der Waals surface area contributed by atoms with Crippen LogP contribution in [-0.2, 0) is 10.0 Å². The van der Waals surface area contributed by atoms with Gasteiger partial charge in [-0.1, -0.05) is 0 Å². The number of rotatable bonds is 5. The Morgan fingerprint density at radius 2 is 1.93 bits per heavy atom. The summed E-state index contributed by atoms with van der Waals surface area (Å²) in [5.41, 5.74) is 7.06. The third-order valence-corrected chi connectivity index (χ3v) is 4.65. The molecule has 0 unspecified atom stereocenters. The number of nitrogens with two attached hydrogens (primary N) is 2. The van der Waals surface area contributed by atoms with Crippen LogP contribution in [0.15, 0.2) is 53.6 Å². The van der Waals surface area contributed by atoms with Crippen LogP contribution in [0.3, 0.4) is 0 Å². The number of hydrogen-bond donors (Lipinski definition) is 3. The molecule has 0 bridgehead atoms. The number of nitrogen functional groups attached to an aromatic ring is 1. The molecule has 3 rings (SSSR count). The van der Waals surface area contributed by atoms with E-state index in [-0.39, 0.29) is 22.3 Å². The zero-order valence-corrected chi connectivity index (χ0v) is 15.0. The molecule has 1 aromatic heterocycles. The number of primary sulfonamides is 1. The summed E-state index contributed by atoms with van der Waals surface area (Å²) < 4.78 is 42.0. The Labute approximate surface area is 155 Å². The maximum atomic E-state index is 13.9. The van der Waals surface area contributed by atoms with E-state index in [0.717, 1.165) is 0 Å². The van der Waals surface area contributed by atoms with Crippen LogP contribution in [0.25, 0.3) is 11.3 Å². The van der Waals surface area contributed by atoms with Crippen molar-refractivity contribution in [2.24, 2.45) is 5.14 Å². The molecule has 140 valence electrons. The van der Waals surface area contributed by atoms with Gasteiger partial charge < -0.3 is 15.8 Å². The first-order chi connectivity index (χ1) is 12.8. The number of halogens is 1. The van der Waals surface area contributed by atoms with Crippen molar-refractivity contribution in [1.29, 1.82) is 0 Å². The summed E-state index contributed by atoms with van der Waals surface area (Å²) in [5, 5.41) is 8.02. The SMILES string of the molecule is COc1ccc(-c2ccnc(Nc3ccc(N)c(S(N)(=O)=O)c3)n2)cc1F. The van der Waals surface area contributed by atoms with Crippen molar-refractivity contribution in [3.05, 3.63) is 54.5 Å². The summed E-state index contributed by atoms with van der Waals surface area (Å²) >= 11 is 0. The summed E-state index contributed by atoms with van der Waals surface area (Å²) in [6.45, 7) is 0. The van der Waals surface area contributed by atoms with Gasteiger partial charge in [0.25, 0.3) is 0 Å². The highest BCUT2D eigenvalue weighted by atomic mass is 32.2. The highest BCUT2D eigenvalue weighted by Gasteiger charge is 2.14. The first kappa shape index (κ1) is 18.5. The van der Waals surface area contributed by atoms with E-state index in [1.807, 2.05) is 0 Å². The van der Waals surface area contributed by atoms with Crippen LogP contribution >= 0.6 is 0 Å². The van der Waals surface area contributed by atoms with Crippen LogP contribution < -0.4 is 20.9 Å². The maximum absolute atomic E-state index is 13.9. The average molecular weight is 389 g/mol. The topological polar surface area (TPSA) is 133 Å². The van der Waals surface area contributed by atoms with Gasteiger partial charge >= 0.3 is 0 Å². The normalized spacial score (nSPS) is 11.2. The van der Waals surface area contributed by atoms with Crippen molar-refractivity contribution in [2.75, 3.05) is 18.2 Å². The number of methoxy groups -OCH3 is 1. The minimum atomic E-state index is -3.97. The van der Waals surface area contributed by atoms with Crippen molar-refractivity contribution >= 4 is 27.3 Å². The molecule has 0 aliphatic rings. The van der Waals surface area contributed by atoms with Gasteiger partial charge in [-0.05, 0) is 42.5 Å².